The first-order valence-electron chi connectivity index (χ1n) is 10.9. The molecule has 2 heterocycles. The Bertz CT molecular complexity index is 958. The van der Waals surface area contributed by atoms with Gasteiger partial charge < -0.3 is 4.74 Å². The first kappa shape index (κ1) is 21.0. The van der Waals surface area contributed by atoms with Crippen LogP contribution in [-0.4, -0.2) is 25.9 Å². The van der Waals surface area contributed by atoms with E-state index in [4.69, 9.17) is 4.74 Å². The molecule has 0 saturated heterocycles. The third-order valence-electron chi connectivity index (χ3n) is 6.06. The van der Waals surface area contributed by atoms with Gasteiger partial charge in [-0.25, -0.2) is 4.98 Å². The van der Waals surface area contributed by atoms with Gasteiger partial charge in [-0.3, -0.25) is 4.57 Å². The van der Waals surface area contributed by atoms with Crippen LogP contribution < -0.4 is 4.74 Å². The molecular formula is C24H31N4OP. The highest BCUT2D eigenvalue weighted by Crippen LogP contribution is 2.35. The molecule has 5 nitrogen and oxygen atoms in total. The normalized spacial score (nSPS) is 20.1. The van der Waals surface area contributed by atoms with E-state index in [1.165, 1.54) is 11.1 Å². The first-order chi connectivity index (χ1) is 14.5. The molecule has 0 radical (unpaired) electrons. The van der Waals surface area contributed by atoms with Gasteiger partial charge in [-0.1, -0.05) is 32.0 Å². The number of hydrogen-bond donors (Lipinski definition) is 0. The monoisotopic (exact) mass is 422 g/mol. The Balaban J connectivity index is 1.42. The Morgan fingerprint density at radius 3 is 2.40 bits per heavy atom. The van der Waals surface area contributed by atoms with Gasteiger partial charge in [0.25, 0.3) is 0 Å². The third kappa shape index (κ3) is 4.57. The molecule has 1 aromatic carbocycles. The fraction of sp³-hybridized carbons (Fsp3) is 0.458. The third-order valence-corrected chi connectivity index (χ3v) is 6.45. The molecular weight excluding hydrogens is 391 g/mol. The fourth-order valence-corrected chi connectivity index (χ4v) is 4.38. The molecule has 30 heavy (non-hydrogen) atoms. The molecule has 0 bridgehead atoms. The summed E-state index contributed by atoms with van der Waals surface area (Å²) in [5.41, 5.74) is 4.10. The molecule has 2 atom stereocenters. The molecule has 6 heteroatoms. The van der Waals surface area contributed by atoms with E-state index in [0.717, 1.165) is 55.3 Å². The van der Waals surface area contributed by atoms with Gasteiger partial charge in [0.2, 0.25) is 5.88 Å². The number of aryl methyl sites for hydroxylation is 2. The highest BCUT2D eigenvalue weighted by Gasteiger charge is 2.28. The Hall–Kier alpha value is -2.26. The standard InChI is InChI=1S/C24H31N4OP/c1-4-18-5-10-21(11-6-18)28-17(3)26-27-24(28)19-7-12-22(13-8-19)29-23-14-9-20(15-25-23)16(2)30/h5-6,9-11,14-16,19,22H,4,7-8,12-13,30H2,1-3H3/t16?,19-,22-. The summed E-state index contributed by atoms with van der Waals surface area (Å²) < 4.78 is 8.38. The lowest BCUT2D eigenvalue weighted by Crippen LogP contribution is -2.25. The summed E-state index contributed by atoms with van der Waals surface area (Å²) in [4.78, 5) is 4.48. The summed E-state index contributed by atoms with van der Waals surface area (Å²) in [7, 11) is 2.80. The van der Waals surface area contributed by atoms with Crippen LogP contribution in [0.3, 0.4) is 0 Å². The van der Waals surface area contributed by atoms with E-state index in [9.17, 15) is 0 Å². The van der Waals surface area contributed by atoms with Crippen LogP contribution in [0.2, 0.25) is 0 Å². The van der Waals surface area contributed by atoms with Gasteiger partial charge in [-0.15, -0.1) is 19.4 Å². The van der Waals surface area contributed by atoms with Gasteiger partial charge in [-0.2, -0.15) is 0 Å². The van der Waals surface area contributed by atoms with Crippen LogP contribution in [0.15, 0.2) is 42.6 Å². The average molecular weight is 423 g/mol. The van der Waals surface area contributed by atoms with Crippen LogP contribution in [0.4, 0.5) is 0 Å². The maximum atomic E-state index is 6.16. The van der Waals surface area contributed by atoms with Crippen molar-refractivity contribution in [2.45, 2.75) is 70.6 Å². The summed E-state index contributed by atoms with van der Waals surface area (Å²) in [6, 6.07) is 12.8. The van der Waals surface area contributed by atoms with E-state index in [1.807, 2.05) is 19.2 Å². The lowest BCUT2D eigenvalue weighted by Gasteiger charge is -2.28. The zero-order valence-electron chi connectivity index (χ0n) is 18.1. The minimum Gasteiger partial charge on any atom is -0.474 e. The van der Waals surface area contributed by atoms with Crippen molar-refractivity contribution in [1.29, 1.82) is 0 Å². The van der Waals surface area contributed by atoms with E-state index in [-0.39, 0.29) is 6.10 Å². The highest BCUT2D eigenvalue weighted by molar-refractivity contribution is 7.17. The number of aromatic nitrogens is 4. The second kappa shape index (κ2) is 9.26. The number of pyridine rings is 1. The number of benzene rings is 1. The summed E-state index contributed by atoms with van der Waals surface area (Å²) in [6.45, 7) is 6.35. The molecule has 1 fully saturated rings. The van der Waals surface area contributed by atoms with Crippen molar-refractivity contribution in [3.8, 4) is 11.6 Å². The van der Waals surface area contributed by atoms with Crippen molar-refractivity contribution in [2.75, 3.05) is 0 Å². The molecule has 1 saturated carbocycles. The highest BCUT2D eigenvalue weighted by atomic mass is 31.0. The van der Waals surface area contributed by atoms with Crippen LogP contribution in [0.25, 0.3) is 5.69 Å². The smallest absolute Gasteiger partial charge is 0.213 e. The average Bonchev–Trinajstić information content (AvgIpc) is 3.16. The SMILES string of the molecule is CCc1ccc(-n2c(C)nnc2[C@H]2CC[C@H](Oc3ccc(C(C)P)cn3)CC2)cc1. The van der Waals surface area contributed by atoms with Crippen molar-refractivity contribution in [1.82, 2.24) is 19.7 Å². The Kier molecular flexibility index (Phi) is 6.48. The lowest BCUT2D eigenvalue weighted by atomic mass is 9.86. The maximum absolute atomic E-state index is 6.16. The molecule has 158 valence electrons. The van der Waals surface area contributed by atoms with Crippen LogP contribution in [-0.2, 0) is 6.42 Å². The molecule has 2 aromatic heterocycles. The first-order valence-corrected chi connectivity index (χ1v) is 11.6. The Morgan fingerprint density at radius 2 is 1.80 bits per heavy atom. The second-order valence-corrected chi connectivity index (χ2v) is 9.27. The molecule has 0 aliphatic heterocycles. The van der Waals surface area contributed by atoms with E-state index in [0.29, 0.717) is 11.6 Å². The topological polar surface area (TPSA) is 52.8 Å². The van der Waals surface area contributed by atoms with Gasteiger partial charge in [0.05, 0.1) is 0 Å². The van der Waals surface area contributed by atoms with E-state index >= 15 is 0 Å². The quantitative estimate of drug-likeness (QED) is 0.487. The van der Waals surface area contributed by atoms with Crippen LogP contribution in [0.1, 0.15) is 73.9 Å². The van der Waals surface area contributed by atoms with Gasteiger partial charge in [0, 0.05) is 23.9 Å². The molecule has 0 N–H and O–H groups in total. The van der Waals surface area contributed by atoms with Gasteiger partial charge in [0.1, 0.15) is 17.8 Å². The van der Waals surface area contributed by atoms with Crippen molar-refractivity contribution in [2.24, 2.45) is 0 Å². The predicted molar refractivity (Wildman–Crippen MR) is 123 cm³/mol. The maximum Gasteiger partial charge on any atom is 0.213 e. The van der Waals surface area contributed by atoms with Crippen LogP contribution >= 0.6 is 9.24 Å². The number of rotatable bonds is 6. The number of hydrogen-bond acceptors (Lipinski definition) is 4. The van der Waals surface area contributed by atoms with Crippen LogP contribution in [0.5, 0.6) is 5.88 Å². The zero-order valence-corrected chi connectivity index (χ0v) is 19.2. The Labute approximate surface area is 181 Å². The van der Waals surface area contributed by atoms with Crippen molar-refractivity contribution in [3.63, 3.8) is 0 Å². The minimum absolute atomic E-state index is 0.217. The lowest BCUT2D eigenvalue weighted by molar-refractivity contribution is 0.139. The number of ether oxygens (including phenoxy) is 1. The molecule has 0 amide bonds. The summed E-state index contributed by atoms with van der Waals surface area (Å²) in [5.74, 6) is 3.15. The number of nitrogens with zero attached hydrogens (tertiary/aromatic N) is 4. The molecule has 1 aliphatic carbocycles. The van der Waals surface area contributed by atoms with E-state index < -0.39 is 0 Å². The van der Waals surface area contributed by atoms with Crippen molar-refractivity contribution in [3.05, 3.63) is 65.4 Å². The Morgan fingerprint density at radius 1 is 1.07 bits per heavy atom. The van der Waals surface area contributed by atoms with Crippen LogP contribution in [0, 0.1) is 6.92 Å². The minimum atomic E-state index is 0.217. The van der Waals surface area contributed by atoms with Gasteiger partial charge in [-0.05, 0) is 67.9 Å². The molecule has 2 unspecified atom stereocenters. The van der Waals surface area contributed by atoms with Crippen molar-refractivity contribution < 1.29 is 4.74 Å². The molecule has 0 spiro atoms. The fourth-order valence-electron chi connectivity index (χ4n) is 4.18. The van der Waals surface area contributed by atoms with E-state index in [2.05, 4.69) is 73.2 Å². The van der Waals surface area contributed by atoms with Gasteiger partial charge >= 0.3 is 0 Å². The summed E-state index contributed by atoms with van der Waals surface area (Å²) in [6.07, 6.45) is 7.30. The molecule has 3 aromatic rings. The van der Waals surface area contributed by atoms with Gasteiger partial charge in [0.15, 0.2) is 0 Å². The summed E-state index contributed by atoms with van der Waals surface area (Å²) in [5, 5.41) is 8.94. The van der Waals surface area contributed by atoms with E-state index in [1.54, 1.807) is 0 Å². The second-order valence-electron chi connectivity index (χ2n) is 8.27. The largest absolute Gasteiger partial charge is 0.474 e. The zero-order chi connectivity index (χ0) is 21.1. The molecule has 1 aliphatic rings. The predicted octanol–water partition coefficient (Wildman–Crippen LogP) is 5.57. The van der Waals surface area contributed by atoms with Crippen molar-refractivity contribution >= 4 is 9.24 Å². The summed E-state index contributed by atoms with van der Waals surface area (Å²) >= 11 is 0. The molecule has 4 rings (SSSR count).